The van der Waals surface area contributed by atoms with E-state index in [0.29, 0.717) is 38.7 Å². The summed E-state index contributed by atoms with van der Waals surface area (Å²) in [4.78, 5) is 14.1. The standard InChI is InChI=1S/C16H23NO4/c1-12(2)17-11-13-4-5-14(10-15(13)16(17)18)21-9-8-20-7-6-19-3/h4-5,10,12H,6-9,11H2,1-3H3. The average Bonchev–Trinajstić information content (AvgIpc) is 2.80. The Balaban J connectivity index is 1.87. The van der Waals surface area contributed by atoms with Gasteiger partial charge in [-0.1, -0.05) is 6.07 Å². The number of nitrogens with zero attached hydrogens (tertiary/aromatic N) is 1. The fraction of sp³-hybridized carbons (Fsp3) is 0.562. The molecule has 0 radical (unpaired) electrons. The predicted molar refractivity (Wildman–Crippen MR) is 79.6 cm³/mol. The van der Waals surface area contributed by atoms with E-state index >= 15 is 0 Å². The first kappa shape index (κ1) is 15.8. The largest absolute Gasteiger partial charge is 0.491 e. The lowest BCUT2D eigenvalue weighted by atomic mass is 10.1. The molecule has 5 nitrogen and oxygen atoms in total. The van der Waals surface area contributed by atoms with Crippen molar-refractivity contribution in [2.24, 2.45) is 0 Å². The summed E-state index contributed by atoms with van der Waals surface area (Å²) >= 11 is 0. The number of carbonyl (C=O) groups excluding carboxylic acids is 1. The average molecular weight is 293 g/mol. The normalized spacial score (nSPS) is 13.9. The van der Waals surface area contributed by atoms with Gasteiger partial charge in [-0.15, -0.1) is 0 Å². The summed E-state index contributed by atoms with van der Waals surface area (Å²) in [7, 11) is 1.64. The molecular weight excluding hydrogens is 270 g/mol. The van der Waals surface area contributed by atoms with Crippen LogP contribution in [0.25, 0.3) is 0 Å². The summed E-state index contributed by atoms with van der Waals surface area (Å²) < 4.78 is 15.8. The van der Waals surface area contributed by atoms with Gasteiger partial charge in [0.15, 0.2) is 0 Å². The highest BCUT2D eigenvalue weighted by Crippen LogP contribution is 2.28. The molecule has 1 aliphatic rings. The van der Waals surface area contributed by atoms with Crippen LogP contribution in [0.15, 0.2) is 18.2 Å². The molecule has 5 heteroatoms. The van der Waals surface area contributed by atoms with Crippen molar-refractivity contribution in [3.63, 3.8) is 0 Å². The summed E-state index contributed by atoms with van der Waals surface area (Å²) in [6.45, 7) is 6.85. The fourth-order valence-electron chi connectivity index (χ4n) is 2.27. The van der Waals surface area contributed by atoms with Crippen molar-refractivity contribution in [3.05, 3.63) is 29.3 Å². The molecule has 0 unspecified atom stereocenters. The first-order chi connectivity index (χ1) is 10.1. The second kappa shape index (κ2) is 7.43. The van der Waals surface area contributed by atoms with E-state index in [0.717, 1.165) is 11.1 Å². The van der Waals surface area contributed by atoms with Gasteiger partial charge in [0.2, 0.25) is 0 Å². The van der Waals surface area contributed by atoms with E-state index in [1.165, 1.54) is 0 Å². The zero-order valence-electron chi connectivity index (χ0n) is 12.9. The van der Waals surface area contributed by atoms with E-state index in [2.05, 4.69) is 0 Å². The minimum absolute atomic E-state index is 0.0850. The molecule has 21 heavy (non-hydrogen) atoms. The van der Waals surface area contributed by atoms with Gasteiger partial charge in [-0.3, -0.25) is 4.79 Å². The number of methoxy groups -OCH3 is 1. The van der Waals surface area contributed by atoms with Gasteiger partial charge in [0, 0.05) is 25.3 Å². The first-order valence-corrected chi connectivity index (χ1v) is 7.27. The van der Waals surface area contributed by atoms with Gasteiger partial charge in [-0.25, -0.2) is 0 Å². The quantitative estimate of drug-likeness (QED) is 0.689. The smallest absolute Gasteiger partial charge is 0.254 e. The van der Waals surface area contributed by atoms with Crippen molar-refractivity contribution in [3.8, 4) is 5.75 Å². The van der Waals surface area contributed by atoms with E-state index in [4.69, 9.17) is 14.2 Å². The maximum absolute atomic E-state index is 12.3. The molecule has 0 N–H and O–H groups in total. The van der Waals surface area contributed by atoms with Crippen LogP contribution in [0.4, 0.5) is 0 Å². The third-order valence-electron chi connectivity index (χ3n) is 3.46. The Kier molecular flexibility index (Phi) is 5.59. The minimum Gasteiger partial charge on any atom is -0.491 e. The predicted octanol–water partition coefficient (Wildman–Crippen LogP) is 2.09. The molecule has 0 saturated carbocycles. The molecule has 0 fully saturated rings. The molecule has 1 aromatic rings. The summed E-state index contributed by atoms with van der Waals surface area (Å²) in [6, 6.07) is 5.92. The molecule has 1 aromatic carbocycles. The highest BCUT2D eigenvalue weighted by molar-refractivity contribution is 5.98. The molecule has 0 saturated heterocycles. The summed E-state index contributed by atoms with van der Waals surface area (Å²) in [5.74, 6) is 0.796. The molecular formula is C16H23NO4. The third kappa shape index (κ3) is 3.95. The van der Waals surface area contributed by atoms with E-state index < -0.39 is 0 Å². The number of hydrogen-bond donors (Lipinski definition) is 0. The van der Waals surface area contributed by atoms with Crippen LogP contribution in [-0.4, -0.2) is 50.4 Å². The van der Waals surface area contributed by atoms with Crippen LogP contribution >= 0.6 is 0 Å². The van der Waals surface area contributed by atoms with Gasteiger partial charge in [-0.2, -0.15) is 0 Å². The molecule has 0 aliphatic carbocycles. The summed E-state index contributed by atoms with van der Waals surface area (Å²) in [6.07, 6.45) is 0. The van der Waals surface area contributed by atoms with E-state index in [-0.39, 0.29) is 11.9 Å². The lowest BCUT2D eigenvalue weighted by Gasteiger charge is -2.19. The molecule has 1 aliphatic heterocycles. The Bertz CT molecular complexity index is 487. The van der Waals surface area contributed by atoms with Crippen molar-refractivity contribution in [1.29, 1.82) is 0 Å². The fourth-order valence-corrected chi connectivity index (χ4v) is 2.27. The number of fused-ring (bicyclic) bond motifs is 1. The second-order valence-corrected chi connectivity index (χ2v) is 5.30. The molecule has 2 rings (SSSR count). The molecule has 0 aromatic heterocycles. The molecule has 0 spiro atoms. The van der Waals surface area contributed by atoms with Gasteiger partial charge in [0.25, 0.3) is 5.91 Å². The van der Waals surface area contributed by atoms with Crippen LogP contribution in [-0.2, 0) is 16.0 Å². The number of benzene rings is 1. The van der Waals surface area contributed by atoms with Gasteiger partial charge < -0.3 is 19.1 Å². The number of hydrogen-bond acceptors (Lipinski definition) is 4. The molecule has 0 atom stereocenters. The van der Waals surface area contributed by atoms with Crippen LogP contribution in [0.3, 0.4) is 0 Å². The number of amides is 1. The highest BCUT2D eigenvalue weighted by atomic mass is 16.5. The Hall–Kier alpha value is -1.59. The van der Waals surface area contributed by atoms with Crippen LogP contribution in [0, 0.1) is 0 Å². The Morgan fingerprint density at radius 3 is 2.67 bits per heavy atom. The van der Waals surface area contributed by atoms with E-state index in [9.17, 15) is 4.79 Å². The van der Waals surface area contributed by atoms with Crippen molar-refractivity contribution in [2.45, 2.75) is 26.4 Å². The maximum Gasteiger partial charge on any atom is 0.254 e. The lowest BCUT2D eigenvalue weighted by molar-refractivity contribution is 0.0544. The van der Waals surface area contributed by atoms with Crippen LogP contribution in [0.5, 0.6) is 5.75 Å². The van der Waals surface area contributed by atoms with Gasteiger partial charge in [-0.05, 0) is 31.5 Å². The lowest BCUT2D eigenvalue weighted by Crippen LogP contribution is -2.30. The van der Waals surface area contributed by atoms with Gasteiger partial charge in [0.05, 0.1) is 19.8 Å². The summed E-state index contributed by atoms with van der Waals surface area (Å²) in [5.41, 5.74) is 1.82. The Morgan fingerprint density at radius 1 is 1.19 bits per heavy atom. The van der Waals surface area contributed by atoms with Crippen molar-refractivity contribution >= 4 is 5.91 Å². The van der Waals surface area contributed by atoms with E-state index in [1.807, 2.05) is 36.9 Å². The third-order valence-corrected chi connectivity index (χ3v) is 3.46. The molecule has 0 bridgehead atoms. The van der Waals surface area contributed by atoms with Crippen molar-refractivity contribution < 1.29 is 19.0 Å². The maximum atomic E-state index is 12.3. The highest BCUT2D eigenvalue weighted by Gasteiger charge is 2.29. The monoisotopic (exact) mass is 293 g/mol. The van der Waals surface area contributed by atoms with Crippen molar-refractivity contribution in [2.75, 3.05) is 33.5 Å². The van der Waals surface area contributed by atoms with Gasteiger partial charge in [0.1, 0.15) is 12.4 Å². The first-order valence-electron chi connectivity index (χ1n) is 7.27. The summed E-state index contributed by atoms with van der Waals surface area (Å²) in [5, 5.41) is 0. The molecule has 1 heterocycles. The Labute approximate surface area is 125 Å². The van der Waals surface area contributed by atoms with Crippen LogP contribution < -0.4 is 4.74 Å². The minimum atomic E-state index is 0.0850. The zero-order chi connectivity index (χ0) is 15.2. The second-order valence-electron chi connectivity index (χ2n) is 5.30. The number of carbonyl (C=O) groups is 1. The van der Waals surface area contributed by atoms with Crippen LogP contribution in [0.2, 0.25) is 0 Å². The van der Waals surface area contributed by atoms with E-state index in [1.54, 1.807) is 7.11 Å². The zero-order valence-corrected chi connectivity index (χ0v) is 12.9. The number of rotatable bonds is 8. The van der Waals surface area contributed by atoms with Gasteiger partial charge >= 0.3 is 0 Å². The molecule has 116 valence electrons. The molecule has 1 amide bonds. The SMILES string of the molecule is COCCOCCOc1ccc2c(c1)C(=O)N(C(C)C)C2. The number of ether oxygens (including phenoxy) is 3. The topological polar surface area (TPSA) is 48.0 Å². The Morgan fingerprint density at radius 2 is 1.95 bits per heavy atom. The van der Waals surface area contributed by atoms with Crippen molar-refractivity contribution in [1.82, 2.24) is 4.90 Å². The van der Waals surface area contributed by atoms with Crippen LogP contribution in [0.1, 0.15) is 29.8 Å².